The molecule has 10 heteroatoms. The number of halogens is 1. The highest BCUT2D eigenvalue weighted by atomic mass is 31.0. The summed E-state index contributed by atoms with van der Waals surface area (Å²) < 4.78 is 22.2. The summed E-state index contributed by atoms with van der Waals surface area (Å²) in [7, 11) is 8.95. The van der Waals surface area contributed by atoms with Crippen molar-refractivity contribution in [2.24, 2.45) is 5.92 Å². The van der Waals surface area contributed by atoms with E-state index in [0.717, 1.165) is 103 Å². The smallest absolute Gasteiger partial charge is 0.251 e. The SMILES string of the molecule is [B]c1ccc(C2COc3cc(O)ccc3C2c2ccc(N3CCC(CN4CCN(c5cc6c(cc5P)C(=O)NC6)CC4)CC3)c(F)c2)cc1C. The Bertz CT molecular complexity index is 1940. The highest BCUT2D eigenvalue weighted by Gasteiger charge is 2.35. The molecule has 2 saturated heterocycles. The molecule has 7 nitrogen and oxygen atoms in total. The van der Waals surface area contributed by atoms with Gasteiger partial charge in [-0.25, -0.2) is 4.39 Å². The molecule has 0 saturated carbocycles. The number of anilines is 2. The van der Waals surface area contributed by atoms with E-state index in [0.29, 0.717) is 30.5 Å². The maximum atomic E-state index is 16.1. The van der Waals surface area contributed by atoms with E-state index >= 15 is 4.39 Å². The minimum Gasteiger partial charge on any atom is -0.508 e. The number of amides is 1. The number of fused-ring (bicyclic) bond motifs is 2. The Hall–Kier alpha value is -4.07. The van der Waals surface area contributed by atoms with Crippen LogP contribution in [0.1, 0.15) is 62.9 Å². The van der Waals surface area contributed by atoms with Gasteiger partial charge in [0, 0.05) is 87.1 Å². The van der Waals surface area contributed by atoms with Gasteiger partial charge in [-0.3, -0.25) is 9.69 Å². The molecule has 2 N–H and O–H groups in total. The van der Waals surface area contributed by atoms with Gasteiger partial charge in [0.2, 0.25) is 0 Å². The van der Waals surface area contributed by atoms with Crippen LogP contribution in [0.15, 0.2) is 66.7 Å². The number of phenols is 1. The Morgan fingerprint density at radius 1 is 0.920 bits per heavy atom. The minimum atomic E-state index is -0.198. The quantitative estimate of drug-likeness (QED) is 0.226. The van der Waals surface area contributed by atoms with Gasteiger partial charge >= 0.3 is 0 Å². The number of phenolic OH excluding ortho intramolecular Hbond substituents is 1. The van der Waals surface area contributed by atoms with E-state index in [9.17, 15) is 9.90 Å². The molecule has 8 rings (SSSR count). The van der Waals surface area contributed by atoms with Crippen LogP contribution in [0.25, 0.3) is 0 Å². The zero-order chi connectivity index (χ0) is 34.5. The molecular formula is C40H43BFN4O3P. The Morgan fingerprint density at radius 2 is 1.68 bits per heavy atom. The van der Waals surface area contributed by atoms with Crippen LogP contribution < -0.4 is 30.6 Å². The molecule has 4 aliphatic rings. The average molecular weight is 689 g/mol. The number of hydrogen-bond acceptors (Lipinski definition) is 6. The number of carbonyl (C=O) groups is 1. The van der Waals surface area contributed by atoms with E-state index in [1.54, 1.807) is 18.2 Å². The number of nitrogens with one attached hydrogen (secondary N) is 1. The predicted molar refractivity (Wildman–Crippen MR) is 202 cm³/mol. The molecule has 2 fully saturated rings. The summed E-state index contributed by atoms with van der Waals surface area (Å²) in [6.45, 7) is 9.75. The van der Waals surface area contributed by atoms with Gasteiger partial charge in [-0.2, -0.15) is 0 Å². The Morgan fingerprint density at radius 3 is 2.44 bits per heavy atom. The van der Waals surface area contributed by atoms with E-state index in [1.807, 2.05) is 37.3 Å². The first-order chi connectivity index (χ1) is 24.2. The second-order valence-electron chi connectivity index (χ2n) is 14.4. The lowest BCUT2D eigenvalue weighted by molar-refractivity contribution is 0.0966. The summed E-state index contributed by atoms with van der Waals surface area (Å²) in [4.78, 5) is 19.3. The zero-order valence-electron chi connectivity index (χ0n) is 28.5. The van der Waals surface area contributed by atoms with Crippen molar-refractivity contribution in [1.82, 2.24) is 10.2 Å². The van der Waals surface area contributed by atoms with Gasteiger partial charge in [-0.15, -0.1) is 9.24 Å². The molecule has 4 aliphatic heterocycles. The van der Waals surface area contributed by atoms with Crippen molar-refractivity contribution in [1.29, 1.82) is 0 Å². The number of rotatable bonds is 6. The van der Waals surface area contributed by atoms with Crippen LogP contribution in [0.2, 0.25) is 0 Å². The van der Waals surface area contributed by atoms with Crippen molar-refractivity contribution in [2.45, 2.75) is 38.1 Å². The maximum absolute atomic E-state index is 16.1. The van der Waals surface area contributed by atoms with Gasteiger partial charge < -0.3 is 25.0 Å². The molecule has 3 atom stereocenters. The van der Waals surface area contributed by atoms with Crippen molar-refractivity contribution in [3.8, 4) is 11.5 Å². The van der Waals surface area contributed by atoms with Gasteiger partial charge in [0.25, 0.3) is 5.91 Å². The number of carbonyl (C=O) groups excluding carboxylic acids is 1. The second-order valence-corrected chi connectivity index (χ2v) is 15.0. The highest BCUT2D eigenvalue weighted by molar-refractivity contribution is 7.28. The first-order valence-electron chi connectivity index (χ1n) is 17.8. The Labute approximate surface area is 297 Å². The summed E-state index contributed by atoms with van der Waals surface area (Å²) in [6.07, 6.45) is 2.08. The van der Waals surface area contributed by atoms with Crippen LogP contribution in [-0.2, 0) is 6.54 Å². The molecule has 0 aromatic heterocycles. The molecule has 50 heavy (non-hydrogen) atoms. The molecule has 0 bridgehead atoms. The Balaban J connectivity index is 0.913. The number of aromatic hydroxyl groups is 1. The number of benzene rings is 4. The van der Waals surface area contributed by atoms with Crippen molar-refractivity contribution in [3.63, 3.8) is 0 Å². The van der Waals surface area contributed by atoms with E-state index in [2.05, 4.69) is 47.5 Å². The number of piperidine rings is 1. The van der Waals surface area contributed by atoms with Crippen LogP contribution in [0.4, 0.5) is 15.8 Å². The monoisotopic (exact) mass is 688 g/mol. The van der Waals surface area contributed by atoms with Crippen LogP contribution >= 0.6 is 9.24 Å². The molecule has 2 radical (unpaired) electrons. The van der Waals surface area contributed by atoms with E-state index in [-0.39, 0.29) is 29.3 Å². The number of piperazine rings is 1. The van der Waals surface area contributed by atoms with Crippen LogP contribution in [-0.4, -0.2) is 76.2 Å². The molecular weight excluding hydrogens is 645 g/mol. The minimum absolute atomic E-state index is 0.0215. The summed E-state index contributed by atoms with van der Waals surface area (Å²) in [5, 5.41) is 14.2. The largest absolute Gasteiger partial charge is 0.508 e. The summed E-state index contributed by atoms with van der Waals surface area (Å²) in [6, 6.07) is 21.2. The number of aryl methyl sites for hydroxylation is 1. The predicted octanol–water partition coefficient (Wildman–Crippen LogP) is 4.72. The number of nitrogens with zero attached hydrogens (tertiary/aromatic N) is 3. The van der Waals surface area contributed by atoms with Crippen molar-refractivity contribution < 1.29 is 19.0 Å². The molecule has 1 amide bonds. The lowest BCUT2D eigenvalue weighted by Crippen LogP contribution is -2.49. The maximum Gasteiger partial charge on any atom is 0.251 e. The fourth-order valence-corrected chi connectivity index (χ4v) is 8.88. The lowest BCUT2D eigenvalue weighted by Gasteiger charge is -2.40. The first kappa shape index (κ1) is 33.1. The molecule has 0 spiro atoms. The van der Waals surface area contributed by atoms with Crippen LogP contribution in [0.3, 0.4) is 0 Å². The van der Waals surface area contributed by atoms with E-state index in [1.165, 1.54) is 5.69 Å². The van der Waals surface area contributed by atoms with Crippen molar-refractivity contribution in [3.05, 3.63) is 106 Å². The third-order valence-corrected chi connectivity index (χ3v) is 11.8. The molecule has 256 valence electrons. The summed E-state index contributed by atoms with van der Waals surface area (Å²) >= 11 is 0. The molecule has 4 aromatic carbocycles. The van der Waals surface area contributed by atoms with Crippen LogP contribution in [0, 0.1) is 18.7 Å². The second kappa shape index (κ2) is 13.6. The average Bonchev–Trinajstić information content (AvgIpc) is 3.48. The zero-order valence-corrected chi connectivity index (χ0v) is 29.7. The van der Waals surface area contributed by atoms with E-state index in [4.69, 9.17) is 12.6 Å². The normalized spacial score (nSPS) is 21.1. The third kappa shape index (κ3) is 6.35. The van der Waals surface area contributed by atoms with Crippen LogP contribution in [0.5, 0.6) is 11.5 Å². The van der Waals surface area contributed by atoms with Gasteiger partial charge in [0.05, 0.1) is 12.3 Å². The molecule has 4 heterocycles. The number of ether oxygens (including phenoxy) is 1. The van der Waals surface area contributed by atoms with Gasteiger partial charge in [0.15, 0.2) is 0 Å². The van der Waals surface area contributed by atoms with Crippen molar-refractivity contribution in [2.75, 3.05) is 62.2 Å². The fourth-order valence-electron chi connectivity index (χ4n) is 8.44. The molecule has 3 unspecified atom stereocenters. The highest BCUT2D eigenvalue weighted by Crippen LogP contribution is 2.47. The number of hydrogen-bond donors (Lipinski definition) is 2. The summed E-state index contributed by atoms with van der Waals surface area (Å²) in [5.41, 5.74) is 8.44. The van der Waals surface area contributed by atoms with Gasteiger partial charge in [0.1, 0.15) is 25.2 Å². The fraction of sp³-hybridized carbons (Fsp3) is 0.375. The molecule has 0 aliphatic carbocycles. The standard InChI is InChI=1S/C40H43BFN4O3P/c1-24-16-26(2-6-33(24)41)32-23-49-37-19-29(47)4-5-30(37)39(32)27-3-7-35(34(42)17-27)45-10-8-25(9-11-45)22-44-12-14-46(15-13-44)36-18-28-21-43-40(48)31(28)20-38(36)50/h2-7,16-20,25,32,39,47H,8-15,21-23,50H2,1H3,(H,43,48). The lowest BCUT2D eigenvalue weighted by atomic mass is 9.74. The van der Waals surface area contributed by atoms with E-state index < -0.39 is 0 Å². The van der Waals surface area contributed by atoms with Crippen molar-refractivity contribution >= 4 is 45.1 Å². The molecule has 4 aromatic rings. The first-order valence-corrected chi connectivity index (χ1v) is 18.3. The third-order valence-electron chi connectivity index (χ3n) is 11.3. The topological polar surface area (TPSA) is 68.3 Å². The Kier molecular flexibility index (Phi) is 8.99. The van der Waals surface area contributed by atoms with Gasteiger partial charge in [-0.05, 0) is 78.0 Å². The summed E-state index contributed by atoms with van der Waals surface area (Å²) in [5.74, 6) is 1.03. The van der Waals surface area contributed by atoms with Gasteiger partial charge in [-0.1, -0.05) is 41.4 Å².